The second-order valence-electron chi connectivity index (χ2n) is 12.4. The van der Waals surface area contributed by atoms with Crippen LogP contribution in [0.5, 0.6) is 0 Å². The van der Waals surface area contributed by atoms with E-state index in [0.717, 1.165) is 22.6 Å². The van der Waals surface area contributed by atoms with Crippen LogP contribution < -0.4 is 10.6 Å². The Morgan fingerprint density at radius 3 is 1.83 bits per heavy atom. The molecule has 0 spiro atoms. The first-order valence-electron chi connectivity index (χ1n) is 16.2. The van der Waals surface area contributed by atoms with Gasteiger partial charge in [0.05, 0.1) is 11.0 Å². The van der Waals surface area contributed by atoms with E-state index in [1.165, 1.54) is 60.4 Å². The van der Waals surface area contributed by atoms with Crippen LogP contribution in [0.4, 0.5) is 0 Å². The molecule has 4 heteroatoms. The van der Waals surface area contributed by atoms with Gasteiger partial charge >= 0.3 is 0 Å². The molecule has 2 heterocycles. The third kappa shape index (κ3) is 4.02. The van der Waals surface area contributed by atoms with Crippen molar-refractivity contribution >= 4 is 38.4 Å². The molecule has 0 saturated heterocycles. The molecule has 2 aliphatic rings. The van der Waals surface area contributed by atoms with Gasteiger partial charge in [-0.15, -0.1) is 0 Å². The number of amidine groups is 1. The zero-order valence-corrected chi connectivity index (χ0v) is 25.6. The van der Waals surface area contributed by atoms with Crippen LogP contribution in [0.2, 0.25) is 0 Å². The molecule has 7 aromatic carbocycles. The average molecular weight is 603 g/mol. The number of hydrogen-bond acceptors (Lipinski definition) is 3. The van der Waals surface area contributed by atoms with E-state index in [9.17, 15) is 0 Å². The van der Waals surface area contributed by atoms with Crippen LogP contribution in [0.1, 0.15) is 29.0 Å². The fourth-order valence-corrected chi connectivity index (χ4v) is 7.70. The molecule has 2 unspecified atom stereocenters. The van der Waals surface area contributed by atoms with Crippen molar-refractivity contribution in [3.63, 3.8) is 0 Å². The maximum atomic E-state index is 5.16. The summed E-state index contributed by atoms with van der Waals surface area (Å²) in [6, 6.07) is 56.7. The van der Waals surface area contributed by atoms with E-state index in [4.69, 9.17) is 4.99 Å². The number of fused-ring (bicyclic) bond motifs is 3. The fourth-order valence-electron chi connectivity index (χ4n) is 7.70. The highest BCUT2D eigenvalue weighted by Crippen LogP contribution is 2.49. The minimum atomic E-state index is -0.163. The predicted octanol–water partition coefficient (Wildman–Crippen LogP) is 9.92. The summed E-state index contributed by atoms with van der Waals surface area (Å²) >= 11 is 0. The van der Waals surface area contributed by atoms with Crippen LogP contribution >= 0.6 is 0 Å². The first-order chi connectivity index (χ1) is 23.3. The molecule has 2 atom stereocenters. The molecule has 1 aromatic heterocycles. The zero-order chi connectivity index (χ0) is 30.9. The number of nitrogens with one attached hydrogen (secondary N) is 2. The number of hydrogen-bond donors (Lipinski definition) is 2. The van der Waals surface area contributed by atoms with Crippen molar-refractivity contribution in [2.75, 3.05) is 0 Å². The summed E-state index contributed by atoms with van der Waals surface area (Å²) in [7, 11) is 0. The molecule has 47 heavy (non-hydrogen) atoms. The first kappa shape index (κ1) is 26.3. The van der Waals surface area contributed by atoms with Gasteiger partial charge in [0.25, 0.3) is 0 Å². The minimum Gasteiger partial charge on any atom is -0.350 e. The molecule has 0 amide bonds. The van der Waals surface area contributed by atoms with E-state index < -0.39 is 0 Å². The van der Waals surface area contributed by atoms with E-state index >= 15 is 0 Å². The van der Waals surface area contributed by atoms with Crippen molar-refractivity contribution in [1.82, 2.24) is 15.2 Å². The van der Waals surface area contributed by atoms with Gasteiger partial charge < -0.3 is 9.88 Å². The lowest BCUT2D eigenvalue weighted by Crippen LogP contribution is -2.44. The van der Waals surface area contributed by atoms with Gasteiger partial charge in [0.2, 0.25) is 0 Å². The fraction of sp³-hybridized carbons (Fsp3) is 0.0465. The Bertz CT molecular complexity index is 2510. The molecule has 222 valence electrons. The third-order valence-corrected chi connectivity index (χ3v) is 9.82. The molecule has 4 nitrogen and oxygen atoms in total. The second kappa shape index (κ2) is 10.3. The summed E-state index contributed by atoms with van der Waals surface area (Å²) in [4.78, 5) is 5.16. The van der Waals surface area contributed by atoms with Gasteiger partial charge in [0, 0.05) is 22.0 Å². The first-order valence-corrected chi connectivity index (χ1v) is 16.2. The topological polar surface area (TPSA) is 41.4 Å². The molecule has 10 rings (SSSR count). The molecule has 0 saturated carbocycles. The van der Waals surface area contributed by atoms with E-state index in [1.807, 2.05) is 6.07 Å². The van der Waals surface area contributed by atoms with Crippen LogP contribution in [0.15, 0.2) is 163 Å². The summed E-state index contributed by atoms with van der Waals surface area (Å²) in [5.41, 5.74) is 12.1. The Hall–Kier alpha value is -5.97. The standard InChI is InChI=1S/C43H30N4/c1-3-11-28(12-4-1)41-44-42(29-13-5-2-6-14-29)46-43(45-41)30-21-24-31(25-22-30)47-36-20-10-19-35-33-17-8-7-16-32(33)34-18-9-15-27-23-26-37(47)40(38(27)34)39(35)36/h1-26,41-42,44H,(H,45,46). The number of benzene rings is 7. The average Bonchev–Trinajstić information content (AvgIpc) is 3.43. The van der Waals surface area contributed by atoms with E-state index in [0.29, 0.717) is 0 Å². The van der Waals surface area contributed by atoms with Crippen molar-refractivity contribution in [3.05, 3.63) is 174 Å². The van der Waals surface area contributed by atoms with E-state index in [-0.39, 0.29) is 12.3 Å². The van der Waals surface area contributed by atoms with Gasteiger partial charge in [-0.05, 0) is 80.6 Å². The number of aliphatic imine (C=N–C) groups is 1. The Morgan fingerprint density at radius 1 is 0.468 bits per heavy atom. The van der Waals surface area contributed by atoms with Gasteiger partial charge in [0.15, 0.2) is 0 Å². The number of rotatable bonds is 4. The molecule has 2 N–H and O–H groups in total. The Balaban J connectivity index is 1.14. The molecule has 8 aromatic rings. The van der Waals surface area contributed by atoms with Gasteiger partial charge in [-0.2, -0.15) is 0 Å². The second-order valence-corrected chi connectivity index (χ2v) is 12.4. The summed E-state index contributed by atoms with van der Waals surface area (Å²) in [6.45, 7) is 0. The minimum absolute atomic E-state index is 0.0692. The molecular weight excluding hydrogens is 573 g/mol. The van der Waals surface area contributed by atoms with Crippen molar-refractivity contribution < 1.29 is 0 Å². The van der Waals surface area contributed by atoms with Crippen molar-refractivity contribution in [2.24, 2.45) is 4.99 Å². The lowest BCUT2D eigenvalue weighted by molar-refractivity contribution is 0.409. The van der Waals surface area contributed by atoms with Crippen LogP contribution in [-0.2, 0) is 0 Å². The van der Waals surface area contributed by atoms with Crippen molar-refractivity contribution in [2.45, 2.75) is 12.3 Å². The zero-order valence-electron chi connectivity index (χ0n) is 25.6. The largest absolute Gasteiger partial charge is 0.350 e. The number of nitrogens with zero attached hydrogens (tertiary/aromatic N) is 2. The highest BCUT2D eigenvalue weighted by molar-refractivity contribution is 6.30. The van der Waals surface area contributed by atoms with Gasteiger partial charge in [-0.1, -0.05) is 121 Å². The molecule has 1 aliphatic heterocycles. The Morgan fingerprint density at radius 2 is 1.09 bits per heavy atom. The maximum Gasteiger partial charge on any atom is 0.131 e. The quantitative estimate of drug-likeness (QED) is 0.211. The predicted molar refractivity (Wildman–Crippen MR) is 194 cm³/mol. The van der Waals surface area contributed by atoms with E-state index in [1.54, 1.807) is 0 Å². The highest BCUT2D eigenvalue weighted by Gasteiger charge is 2.27. The van der Waals surface area contributed by atoms with Gasteiger partial charge in [-0.3, -0.25) is 5.32 Å². The normalized spacial score (nSPS) is 16.7. The van der Waals surface area contributed by atoms with Crippen LogP contribution in [0.25, 0.3) is 60.5 Å². The smallest absolute Gasteiger partial charge is 0.131 e. The summed E-state index contributed by atoms with van der Waals surface area (Å²) in [5, 5.41) is 12.6. The number of aromatic nitrogens is 1. The van der Waals surface area contributed by atoms with Crippen LogP contribution in [-0.4, -0.2) is 10.4 Å². The summed E-state index contributed by atoms with van der Waals surface area (Å²) in [6.07, 6.45) is -0.232. The van der Waals surface area contributed by atoms with Gasteiger partial charge in [-0.25, -0.2) is 4.99 Å². The molecule has 0 bridgehead atoms. The van der Waals surface area contributed by atoms with Crippen LogP contribution in [0.3, 0.4) is 0 Å². The lowest BCUT2D eigenvalue weighted by Gasteiger charge is -2.32. The lowest BCUT2D eigenvalue weighted by atomic mass is 9.93. The summed E-state index contributed by atoms with van der Waals surface area (Å²) < 4.78 is 2.43. The summed E-state index contributed by atoms with van der Waals surface area (Å²) in [5.74, 6) is 0.879. The molecule has 0 radical (unpaired) electrons. The highest BCUT2D eigenvalue weighted by atomic mass is 15.3. The monoisotopic (exact) mass is 602 g/mol. The Kier molecular flexibility index (Phi) is 5.74. The SMILES string of the molecule is c1ccc(C2N=C(c3ccc(-n4c5cccc6c5c5c7c(cccc7ccc54)-c4ccccc4-6)cc3)NC(c3ccccc3)N2)cc1. The maximum absolute atomic E-state index is 5.16. The molecule has 0 fully saturated rings. The van der Waals surface area contributed by atoms with Crippen molar-refractivity contribution in [3.8, 4) is 27.9 Å². The third-order valence-electron chi connectivity index (χ3n) is 9.82. The molecule has 1 aliphatic carbocycles. The van der Waals surface area contributed by atoms with Crippen molar-refractivity contribution in [1.29, 1.82) is 0 Å². The van der Waals surface area contributed by atoms with E-state index in [2.05, 4.69) is 167 Å². The molecular formula is C43H30N4. The Labute approximate surface area is 272 Å². The van der Waals surface area contributed by atoms with Gasteiger partial charge in [0.1, 0.15) is 18.2 Å². The van der Waals surface area contributed by atoms with Crippen LogP contribution in [0, 0.1) is 0 Å².